The summed E-state index contributed by atoms with van der Waals surface area (Å²) in [6.45, 7) is 2.51. The Morgan fingerprint density at radius 3 is 2.95 bits per heavy atom. The van der Waals surface area contributed by atoms with Crippen LogP contribution in [-0.2, 0) is 17.8 Å². The monoisotopic (exact) mass is 257 g/mol. The molecule has 1 aromatic heterocycles. The Kier molecular flexibility index (Phi) is 3.23. The third-order valence-electron chi connectivity index (χ3n) is 3.45. The quantitative estimate of drug-likeness (QED) is 0.893. The molecule has 1 aliphatic carbocycles. The van der Waals surface area contributed by atoms with E-state index in [1.165, 1.54) is 0 Å². The van der Waals surface area contributed by atoms with E-state index in [9.17, 15) is 4.79 Å². The van der Waals surface area contributed by atoms with Crippen LogP contribution in [0.1, 0.15) is 32.0 Å². The van der Waals surface area contributed by atoms with Crippen LogP contribution in [0, 0.1) is 0 Å². The van der Waals surface area contributed by atoms with Crippen molar-refractivity contribution in [3.05, 3.63) is 30.1 Å². The first-order valence-electron chi connectivity index (χ1n) is 7.01. The lowest BCUT2D eigenvalue weighted by atomic mass is 10.3. The number of para-hydroxylation sites is 2. The van der Waals surface area contributed by atoms with Crippen molar-refractivity contribution in [3.63, 3.8) is 0 Å². The van der Waals surface area contributed by atoms with Gasteiger partial charge in [0.2, 0.25) is 5.91 Å². The van der Waals surface area contributed by atoms with Crippen LogP contribution in [-0.4, -0.2) is 21.5 Å². The zero-order valence-electron chi connectivity index (χ0n) is 11.2. The smallest absolute Gasteiger partial charge is 0.240 e. The molecule has 0 radical (unpaired) electrons. The standard InChI is InChI=1S/C15H19N3O/c1-2-5-14-17-12-6-3-4-7-13(12)18(14)10-15(19)16-11-8-9-11/h3-4,6-7,11H,2,5,8-10H2,1H3,(H,16,19). The maximum absolute atomic E-state index is 12.0. The predicted octanol–water partition coefficient (Wildman–Crippen LogP) is 2.27. The summed E-state index contributed by atoms with van der Waals surface area (Å²) in [6, 6.07) is 8.43. The lowest BCUT2D eigenvalue weighted by molar-refractivity contribution is -0.121. The fraction of sp³-hybridized carbons (Fsp3) is 0.467. The van der Waals surface area contributed by atoms with E-state index in [4.69, 9.17) is 0 Å². The minimum atomic E-state index is 0.100. The molecule has 1 saturated carbocycles. The van der Waals surface area contributed by atoms with E-state index in [2.05, 4.69) is 21.8 Å². The molecular weight excluding hydrogens is 238 g/mol. The second-order valence-corrected chi connectivity index (χ2v) is 5.19. The molecule has 3 rings (SSSR count). The van der Waals surface area contributed by atoms with Crippen LogP contribution < -0.4 is 5.32 Å². The van der Waals surface area contributed by atoms with Gasteiger partial charge in [0.05, 0.1) is 11.0 Å². The minimum Gasteiger partial charge on any atom is -0.352 e. The summed E-state index contributed by atoms with van der Waals surface area (Å²) in [5.74, 6) is 1.11. The first-order chi connectivity index (χ1) is 9.28. The van der Waals surface area contributed by atoms with Gasteiger partial charge in [0, 0.05) is 12.5 Å². The number of benzene rings is 1. The number of nitrogens with one attached hydrogen (secondary N) is 1. The maximum atomic E-state index is 12.0. The number of aryl methyl sites for hydroxylation is 1. The summed E-state index contributed by atoms with van der Waals surface area (Å²) < 4.78 is 2.05. The Balaban J connectivity index is 1.89. The molecular formula is C15H19N3O. The van der Waals surface area contributed by atoms with Crippen molar-refractivity contribution in [2.45, 2.75) is 45.2 Å². The molecule has 0 saturated heterocycles. The topological polar surface area (TPSA) is 46.9 Å². The highest BCUT2D eigenvalue weighted by atomic mass is 16.2. The van der Waals surface area contributed by atoms with Gasteiger partial charge < -0.3 is 9.88 Å². The Labute approximate surface area is 112 Å². The van der Waals surface area contributed by atoms with Gasteiger partial charge in [-0.05, 0) is 31.4 Å². The second-order valence-electron chi connectivity index (χ2n) is 5.19. The van der Waals surface area contributed by atoms with Crippen LogP contribution >= 0.6 is 0 Å². The van der Waals surface area contributed by atoms with Crippen molar-refractivity contribution in [2.75, 3.05) is 0 Å². The van der Waals surface area contributed by atoms with Crippen LogP contribution in [0.25, 0.3) is 11.0 Å². The molecule has 0 spiro atoms. The van der Waals surface area contributed by atoms with Crippen molar-refractivity contribution in [3.8, 4) is 0 Å². The molecule has 4 heteroatoms. The molecule has 4 nitrogen and oxygen atoms in total. The zero-order valence-corrected chi connectivity index (χ0v) is 11.2. The normalized spacial score (nSPS) is 14.8. The summed E-state index contributed by atoms with van der Waals surface area (Å²) >= 11 is 0. The number of imidazole rings is 1. The number of aromatic nitrogens is 2. The summed E-state index contributed by atoms with van der Waals surface area (Å²) in [5, 5.41) is 3.04. The SMILES string of the molecule is CCCc1nc2ccccc2n1CC(=O)NC1CC1. The Bertz CT molecular complexity index is 598. The van der Waals surface area contributed by atoms with Crippen LogP contribution in [0.5, 0.6) is 0 Å². The molecule has 1 N–H and O–H groups in total. The van der Waals surface area contributed by atoms with Crippen molar-refractivity contribution >= 4 is 16.9 Å². The van der Waals surface area contributed by atoms with Gasteiger partial charge in [0.1, 0.15) is 12.4 Å². The van der Waals surface area contributed by atoms with E-state index in [0.717, 1.165) is 42.5 Å². The van der Waals surface area contributed by atoms with Crippen molar-refractivity contribution in [1.82, 2.24) is 14.9 Å². The maximum Gasteiger partial charge on any atom is 0.240 e. The molecule has 2 aromatic rings. The van der Waals surface area contributed by atoms with E-state index < -0.39 is 0 Å². The van der Waals surface area contributed by atoms with Gasteiger partial charge in [-0.2, -0.15) is 0 Å². The fourth-order valence-corrected chi connectivity index (χ4v) is 2.36. The zero-order chi connectivity index (χ0) is 13.2. The van der Waals surface area contributed by atoms with Crippen molar-refractivity contribution in [2.24, 2.45) is 0 Å². The first-order valence-corrected chi connectivity index (χ1v) is 7.01. The van der Waals surface area contributed by atoms with Gasteiger partial charge in [-0.15, -0.1) is 0 Å². The summed E-state index contributed by atoms with van der Waals surface area (Å²) in [5.41, 5.74) is 2.03. The highest BCUT2D eigenvalue weighted by Gasteiger charge is 2.23. The number of rotatable bonds is 5. The van der Waals surface area contributed by atoms with Crippen molar-refractivity contribution in [1.29, 1.82) is 0 Å². The Morgan fingerprint density at radius 2 is 2.21 bits per heavy atom. The summed E-state index contributed by atoms with van der Waals surface area (Å²) in [7, 11) is 0. The van der Waals surface area contributed by atoms with Gasteiger partial charge in [0.15, 0.2) is 0 Å². The van der Waals surface area contributed by atoms with E-state index in [0.29, 0.717) is 12.6 Å². The molecule has 19 heavy (non-hydrogen) atoms. The van der Waals surface area contributed by atoms with Gasteiger partial charge in [-0.1, -0.05) is 19.1 Å². The Morgan fingerprint density at radius 1 is 1.42 bits per heavy atom. The molecule has 1 amide bonds. The molecule has 1 aliphatic rings. The van der Waals surface area contributed by atoms with E-state index in [-0.39, 0.29) is 5.91 Å². The first kappa shape index (κ1) is 12.2. The lowest BCUT2D eigenvalue weighted by Gasteiger charge is -2.09. The van der Waals surface area contributed by atoms with Gasteiger partial charge in [-0.25, -0.2) is 4.98 Å². The Hall–Kier alpha value is -1.84. The van der Waals surface area contributed by atoms with Crippen LogP contribution in [0.3, 0.4) is 0 Å². The van der Waals surface area contributed by atoms with Crippen LogP contribution in [0.2, 0.25) is 0 Å². The molecule has 1 heterocycles. The molecule has 0 atom stereocenters. The van der Waals surface area contributed by atoms with Gasteiger partial charge in [-0.3, -0.25) is 4.79 Å². The second kappa shape index (κ2) is 5.03. The fourth-order valence-electron chi connectivity index (χ4n) is 2.36. The largest absolute Gasteiger partial charge is 0.352 e. The third kappa shape index (κ3) is 2.62. The highest BCUT2D eigenvalue weighted by molar-refractivity contribution is 5.81. The molecule has 0 aliphatic heterocycles. The van der Waals surface area contributed by atoms with E-state index in [1.807, 2.05) is 24.3 Å². The molecule has 100 valence electrons. The number of fused-ring (bicyclic) bond motifs is 1. The molecule has 1 aromatic carbocycles. The van der Waals surface area contributed by atoms with Gasteiger partial charge >= 0.3 is 0 Å². The number of hydrogen-bond donors (Lipinski definition) is 1. The highest BCUT2D eigenvalue weighted by Crippen LogP contribution is 2.20. The van der Waals surface area contributed by atoms with E-state index in [1.54, 1.807) is 0 Å². The summed E-state index contributed by atoms with van der Waals surface area (Å²) in [6.07, 6.45) is 4.19. The number of carbonyl (C=O) groups excluding carboxylic acids is 1. The van der Waals surface area contributed by atoms with Crippen LogP contribution in [0.15, 0.2) is 24.3 Å². The average Bonchev–Trinajstić information content (AvgIpc) is 3.14. The molecule has 0 bridgehead atoms. The molecule has 1 fully saturated rings. The summed E-state index contributed by atoms with van der Waals surface area (Å²) in [4.78, 5) is 16.6. The van der Waals surface area contributed by atoms with E-state index >= 15 is 0 Å². The van der Waals surface area contributed by atoms with Crippen molar-refractivity contribution < 1.29 is 4.79 Å². The lowest BCUT2D eigenvalue weighted by Crippen LogP contribution is -2.29. The number of hydrogen-bond acceptors (Lipinski definition) is 2. The third-order valence-corrected chi connectivity index (χ3v) is 3.45. The number of carbonyl (C=O) groups is 1. The average molecular weight is 257 g/mol. The predicted molar refractivity (Wildman–Crippen MR) is 74.9 cm³/mol. The van der Waals surface area contributed by atoms with Gasteiger partial charge in [0.25, 0.3) is 0 Å². The minimum absolute atomic E-state index is 0.100. The number of amides is 1. The van der Waals surface area contributed by atoms with Crippen LogP contribution in [0.4, 0.5) is 0 Å². The molecule has 0 unspecified atom stereocenters. The number of nitrogens with zero attached hydrogens (tertiary/aromatic N) is 2.